The number of nitrogens with one attached hydrogen (secondary N) is 4. The molecule has 0 saturated carbocycles. The lowest BCUT2D eigenvalue weighted by atomic mass is 10.1. The number of H-pyrrole nitrogens is 1. The first-order valence-corrected chi connectivity index (χ1v) is 11.5. The van der Waals surface area contributed by atoms with E-state index in [9.17, 15) is 14.0 Å². The number of aromatic amines is 1. The number of benzene rings is 2. The summed E-state index contributed by atoms with van der Waals surface area (Å²) < 4.78 is 13.1. The topological polar surface area (TPSA) is 112 Å². The number of rotatable bonds is 6. The second kappa shape index (κ2) is 10.2. The highest BCUT2D eigenvalue weighted by atomic mass is 32.2. The second-order valence-electron chi connectivity index (χ2n) is 7.25. The van der Waals surface area contributed by atoms with Crippen molar-refractivity contribution in [1.82, 2.24) is 15.0 Å². The number of aromatic nitrogens is 3. The van der Waals surface area contributed by atoms with Crippen molar-refractivity contribution in [3.63, 3.8) is 0 Å². The molecule has 0 unspecified atom stereocenters. The third-order valence-corrected chi connectivity index (χ3v) is 5.30. The maximum Gasteiger partial charge on any atom is 0.323 e. The van der Waals surface area contributed by atoms with Crippen molar-refractivity contribution >= 4 is 40.9 Å². The molecule has 0 radical (unpaired) electrons. The van der Waals surface area contributed by atoms with Gasteiger partial charge in [-0.2, -0.15) is 0 Å². The van der Waals surface area contributed by atoms with E-state index in [1.165, 1.54) is 43.0 Å². The van der Waals surface area contributed by atoms with Gasteiger partial charge in [0.25, 0.3) is 0 Å². The van der Waals surface area contributed by atoms with Crippen LogP contribution in [0.1, 0.15) is 6.92 Å². The maximum atomic E-state index is 13.1. The van der Waals surface area contributed by atoms with Crippen molar-refractivity contribution < 1.29 is 14.0 Å². The summed E-state index contributed by atoms with van der Waals surface area (Å²) >= 11 is 1.47. The highest BCUT2D eigenvalue weighted by Gasteiger charge is 2.16. The van der Waals surface area contributed by atoms with Crippen LogP contribution in [0, 0.1) is 5.82 Å². The number of hydrogen-bond acceptors (Lipinski definition) is 5. The zero-order valence-electron chi connectivity index (χ0n) is 18.3. The molecule has 0 aliphatic rings. The summed E-state index contributed by atoms with van der Waals surface area (Å²) in [6, 6.07) is 15.9. The number of nitrogens with zero attached hydrogens (tertiary/aromatic N) is 2. The number of hydrogen-bond donors (Lipinski definition) is 4. The van der Waals surface area contributed by atoms with Crippen LogP contribution >= 0.6 is 11.8 Å². The predicted octanol–water partition coefficient (Wildman–Crippen LogP) is 5.60. The molecule has 2 aromatic heterocycles. The van der Waals surface area contributed by atoms with Gasteiger partial charge in [0.05, 0.1) is 11.4 Å². The van der Waals surface area contributed by atoms with Gasteiger partial charge < -0.3 is 20.9 Å². The molecule has 34 heavy (non-hydrogen) atoms. The number of amides is 3. The molecule has 2 aromatic carbocycles. The van der Waals surface area contributed by atoms with Gasteiger partial charge in [-0.3, -0.25) is 4.79 Å². The number of imidazole rings is 1. The summed E-state index contributed by atoms with van der Waals surface area (Å²) in [5.74, 6) is -0.155. The van der Waals surface area contributed by atoms with Gasteiger partial charge in [0.2, 0.25) is 5.91 Å². The summed E-state index contributed by atoms with van der Waals surface area (Å²) in [6.45, 7) is 1.42. The number of carbonyl (C=O) groups is 2. The number of carbonyl (C=O) groups excluding carboxylic acids is 2. The molecule has 3 amide bonds. The Morgan fingerprint density at radius 2 is 1.71 bits per heavy atom. The minimum atomic E-state index is -0.454. The fourth-order valence-corrected chi connectivity index (χ4v) is 3.66. The normalized spacial score (nSPS) is 10.6. The first-order chi connectivity index (χ1) is 16.4. The van der Waals surface area contributed by atoms with Crippen molar-refractivity contribution in [3.05, 3.63) is 72.7 Å². The first-order valence-electron chi connectivity index (χ1n) is 10.2. The molecule has 10 heteroatoms. The molecule has 4 aromatic rings. The van der Waals surface area contributed by atoms with Crippen molar-refractivity contribution in [2.45, 2.75) is 12.1 Å². The molecule has 4 N–H and O–H groups in total. The summed E-state index contributed by atoms with van der Waals surface area (Å²) in [6.07, 6.45) is 3.53. The van der Waals surface area contributed by atoms with E-state index in [1.807, 2.05) is 30.5 Å². The van der Waals surface area contributed by atoms with Gasteiger partial charge in [0.15, 0.2) is 5.16 Å². The Morgan fingerprint density at radius 3 is 2.44 bits per heavy atom. The molecule has 8 nitrogen and oxygen atoms in total. The van der Waals surface area contributed by atoms with Gasteiger partial charge in [0.1, 0.15) is 11.6 Å². The van der Waals surface area contributed by atoms with Gasteiger partial charge in [-0.15, -0.1) is 0 Å². The Bertz CT molecular complexity index is 1340. The van der Waals surface area contributed by atoms with E-state index < -0.39 is 6.03 Å². The molecule has 0 aliphatic carbocycles. The van der Waals surface area contributed by atoms with Crippen molar-refractivity contribution in [2.75, 3.05) is 22.2 Å². The maximum absolute atomic E-state index is 13.1. The standard InChI is InChI=1S/C24H21FN6O2S/c1-14(32)27-20-13-16(10-11-26-20)22-21(30-24(31-22)34-2)15-4-3-5-19(12-15)29-23(33)28-18-8-6-17(25)7-9-18/h3-13H,1-2H3,(H,30,31)(H,26,27,32)(H2,28,29,33). The van der Waals surface area contributed by atoms with Gasteiger partial charge in [-0.05, 0) is 54.8 Å². The molecule has 172 valence electrons. The average Bonchev–Trinajstić information content (AvgIpc) is 3.25. The van der Waals surface area contributed by atoms with E-state index in [1.54, 1.807) is 18.3 Å². The fraction of sp³-hybridized carbons (Fsp3) is 0.0833. The SMILES string of the molecule is CSc1nc(-c2cccc(NC(=O)Nc3ccc(F)cc3)c2)c(-c2ccnc(NC(C)=O)c2)[nH]1. The molecule has 0 bridgehead atoms. The number of urea groups is 1. The monoisotopic (exact) mass is 476 g/mol. The molecule has 0 saturated heterocycles. The first kappa shape index (κ1) is 23.0. The van der Waals surface area contributed by atoms with Crippen LogP contribution in [0.25, 0.3) is 22.5 Å². The quantitative estimate of drug-likeness (QED) is 0.271. The van der Waals surface area contributed by atoms with Crippen LogP contribution in [0.3, 0.4) is 0 Å². The molecule has 0 aliphatic heterocycles. The van der Waals surface area contributed by atoms with Crippen LogP contribution in [0.15, 0.2) is 72.0 Å². The number of anilines is 3. The van der Waals surface area contributed by atoms with Gasteiger partial charge in [-0.25, -0.2) is 19.2 Å². The lowest BCUT2D eigenvalue weighted by Gasteiger charge is -2.10. The highest BCUT2D eigenvalue weighted by molar-refractivity contribution is 7.98. The molecular formula is C24H21FN6O2S. The summed E-state index contributed by atoms with van der Waals surface area (Å²) in [5, 5.41) is 8.85. The summed E-state index contributed by atoms with van der Waals surface area (Å²) in [4.78, 5) is 36.0. The van der Waals surface area contributed by atoms with E-state index in [0.717, 1.165) is 22.0 Å². The summed E-state index contributed by atoms with van der Waals surface area (Å²) in [7, 11) is 0. The number of halogens is 1. The minimum absolute atomic E-state index is 0.211. The molecule has 0 fully saturated rings. The van der Waals surface area contributed by atoms with Gasteiger partial charge in [0, 0.05) is 35.6 Å². The van der Waals surface area contributed by atoms with Crippen LogP contribution < -0.4 is 16.0 Å². The van der Waals surface area contributed by atoms with E-state index in [0.29, 0.717) is 22.9 Å². The summed E-state index contributed by atoms with van der Waals surface area (Å²) in [5.41, 5.74) is 4.06. The van der Waals surface area contributed by atoms with Crippen LogP contribution in [0.5, 0.6) is 0 Å². The zero-order chi connectivity index (χ0) is 24.1. The van der Waals surface area contributed by atoms with Crippen LogP contribution in [0.2, 0.25) is 0 Å². The highest BCUT2D eigenvalue weighted by Crippen LogP contribution is 2.34. The van der Waals surface area contributed by atoms with E-state index >= 15 is 0 Å². The Balaban J connectivity index is 1.61. The third kappa shape index (κ3) is 5.59. The average molecular weight is 477 g/mol. The van der Waals surface area contributed by atoms with Crippen LogP contribution in [-0.4, -0.2) is 33.1 Å². The van der Waals surface area contributed by atoms with Crippen molar-refractivity contribution in [1.29, 1.82) is 0 Å². The molecule has 2 heterocycles. The zero-order valence-corrected chi connectivity index (χ0v) is 19.2. The Labute approximate surface area is 199 Å². The smallest absolute Gasteiger partial charge is 0.323 e. The van der Waals surface area contributed by atoms with E-state index in [2.05, 4.69) is 25.9 Å². The lowest BCUT2D eigenvalue weighted by Crippen LogP contribution is -2.19. The predicted molar refractivity (Wildman–Crippen MR) is 132 cm³/mol. The fourth-order valence-electron chi connectivity index (χ4n) is 3.27. The van der Waals surface area contributed by atoms with Gasteiger partial charge >= 0.3 is 6.03 Å². The molecular weight excluding hydrogens is 455 g/mol. The van der Waals surface area contributed by atoms with Crippen LogP contribution in [-0.2, 0) is 4.79 Å². The molecule has 4 rings (SSSR count). The Morgan fingerprint density at radius 1 is 0.941 bits per heavy atom. The van der Waals surface area contributed by atoms with Crippen LogP contribution in [0.4, 0.5) is 26.4 Å². The van der Waals surface area contributed by atoms with E-state index in [4.69, 9.17) is 4.98 Å². The number of pyridine rings is 1. The number of thioether (sulfide) groups is 1. The Kier molecular flexibility index (Phi) is 6.88. The molecule has 0 spiro atoms. The Hall–Kier alpha value is -4.18. The minimum Gasteiger partial charge on any atom is -0.332 e. The van der Waals surface area contributed by atoms with E-state index in [-0.39, 0.29) is 11.7 Å². The molecule has 0 atom stereocenters. The largest absolute Gasteiger partial charge is 0.332 e. The third-order valence-electron chi connectivity index (χ3n) is 4.72. The van der Waals surface area contributed by atoms with Crippen molar-refractivity contribution in [2.24, 2.45) is 0 Å². The van der Waals surface area contributed by atoms with Gasteiger partial charge in [-0.1, -0.05) is 23.9 Å². The second-order valence-corrected chi connectivity index (χ2v) is 8.04. The van der Waals surface area contributed by atoms with Crippen molar-refractivity contribution in [3.8, 4) is 22.5 Å². The lowest BCUT2D eigenvalue weighted by molar-refractivity contribution is -0.114.